The van der Waals surface area contributed by atoms with Crippen LogP contribution in [0.15, 0.2) is 50.9 Å². The van der Waals surface area contributed by atoms with Crippen molar-refractivity contribution in [3.8, 4) is 0 Å². The van der Waals surface area contributed by atoms with E-state index in [2.05, 4.69) is 62.5 Å². The fourth-order valence-electron chi connectivity index (χ4n) is 1.61. The second-order valence-corrected chi connectivity index (χ2v) is 7.07. The molecule has 2 heteroatoms. The molecule has 0 radical (unpaired) electrons. The van der Waals surface area contributed by atoms with Gasteiger partial charge in [-0.15, -0.1) is 11.3 Å². The molecule has 1 aromatic carbocycles. The molecule has 0 saturated carbocycles. The lowest BCUT2D eigenvalue weighted by atomic mass is 9.87. The summed E-state index contributed by atoms with van der Waals surface area (Å²) in [7, 11) is 0. The molecule has 2 rings (SSSR count). The Kier molecular flexibility index (Phi) is 3.41. The quantitative estimate of drug-likeness (QED) is 0.704. The largest absolute Gasteiger partial charge is 0.137 e. The van der Waals surface area contributed by atoms with Gasteiger partial charge in [-0.1, -0.05) is 56.8 Å². The lowest BCUT2D eigenvalue weighted by Gasteiger charge is -2.22. The Bertz CT molecular complexity index is 450. The van der Waals surface area contributed by atoms with E-state index in [-0.39, 0.29) is 5.41 Å². The maximum absolute atomic E-state index is 2.26. The Morgan fingerprint density at radius 1 is 1.00 bits per heavy atom. The van der Waals surface area contributed by atoms with Gasteiger partial charge in [0.05, 0.1) is 4.21 Å². The summed E-state index contributed by atoms with van der Waals surface area (Å²) in [4.78, 5) is 1.37. The first-order chi connectivity index (χ1) is 7.57. The van der Waals surface area contributed by atoms with Crippen LogP contribution in [0.25, 0.3) is 0 Å². The molecule has 0 bridgehead atoms. The molecule has 0 aliphatic heterocycles. The first kappa shape index (κ1) is 11.7. The summed E-state index contributed by atoms with van der Waals surface area (Å²) >= 11 is 3.67. The Hall–Kier alpha value is -0.730. The summed E-state index contributed by atoms with van der Waals surface area (Å²) in [5.41, 5.74) is 1.63. The molecule has 2 aromatic rings. The van der Waals surface area contributed by atoms with Gasteiger partial charge in [-0.3, -0.25) is 0 Å². The van der Waals surface area contributed by atoms with Crippen molar-refractivity contribution in [3.05, 3.63) is 47.3 Å². The van der Waals surface area contributed by atoms with Gasteiger partial charge in [0.2, 0.25) is 0 Å². The fraction of sp³-hybridized carbons (Fsp3) is 0.286. The third-order valence-corrected chi connectivity index (χ3v) is 4.51. The maximum atomic E-state index is 2.26. The van der Waals surface area contributed by atoms with Crippen LogP contribution in [-0.4, -0.2) is 0 Å². The molecule has 0 aliphatic rings. The normalized spacial score (nSPS) is 11.7. The maximum Gasteiger partial charge on any atom is 0.0646 e. The van der Waals surface area contributed by atoms with E-state index < -0.39 is 0 Å². The predicted molar refractivity (Wildman–Crippen MR) is 73.6 cm³/mol. The minimum absolute atomic E-state index is 0.209. The zero-order valence-electron chi connectivity index (χ0n) is 9.86. The van der Waals surface area contributed by atoms with Crippen molar-refractivity contribution in [3.63, 3.8) is 0 Å². The molecular weight excluding hydrogens is 232 g/mol. The van der Waals surface area contributed by atoms with Gasteiger partial charge in [0, 0.05) is 4.90 Å². The highest BCUT2D eigenvalue weighted by Gasteiger charge is 2.17. The average Bonchev–Trinajstić information content (AvgIpc) is 2.70. The van der Waals surface area contributed by atoms with Gasteiger partial charge in [0.25, 0.3) is 0 Å². The number of thiophene rings is 1. The summed E-state index contributed by atoms with van der Waals surface area (Å²) < 4.78 is 1.36. The van der Waals surface area contributed by atoms with Crippen LogP contribution in [0.4, 0.5) is 0 Å². The molecule has 0 fully saturated rings. The Labute approximate surface area is 106 Å². The Morgan fingerprint density at radius 3 is 2.38 bits per heavy atom. The third kappa shape index (κ3) is 2.69. The van der Waals surface area contributed by atoms with Gasteiger partial charge >= 0.3 is 0 Å². The lowest BCUT2D eigenvalue weighted by Crippen LogP contribution is -2.12. The van der Waals surface area contributed by atoms with E-state index in [1.807, 2.05) is 11.8 Å². The highest BCUT2D eigenvalue weighted by Crippen LogP contribution is 2.37. The second kappa shape index (κ2) is 4.64. The average molecular weight is 248 g/mol. The van der Waals surface area contributed by atoms with Gasteiger partial charge in [-0.2, -0.15) is 0 Å². The van der Waals surface area contributed by atoms with E-state index in [0.717, 1.165) is 0 Å². The van der Waals surface area contributed by atoms with Crippen molar-refractivity contribution in [2.45, 2.75) is 35.3 Å². The molecule has 0 aliphatic carbocycles. The molecule has 84 valence electrons. The summed E-state index contributed by atoms with van der Waals surface area (Å²) in [6.45, 7) is 6.79. The van der Waals surface area contributed by atoms with Crippen molar-refractivity contribution >= 4 is 23.1 Å². The monoisotopic (exact) mass is 248 g/mol. The minimum Gasteiger partial charge on any atom is -0.137 e. The molecule has 0 amide bonds. The molecule has 0 nitrogen and oxygen atoms in total. The summed E-state index contributed by atoms with van der Waals surface area (Å²) in [6.07, 6.45) is 0. The van der Waals surface area contributed by atoms with Gasteiger partial charge in [-0.25, -0.2) is 0 Å². The van der Waals surface area contributed by atoms with Crippen LogP contribution in [0, 0.1) is 0 Å². The first-order valence-electron chi connectivity index (χ1n) is 5.38. The van der Waals surface area contributed by atoms with Crippen LogP contribution < -0.4 is 0 Å². The van der Waals surface area contributed by atoms with Gasteiger partial charge in [0.1, 0.15) is 0 Å². The highest BCUT2D eigenvalue weighted by molar-refractivity contribution is 8.01. The third-order valence-electron chi connectivity index (χ3n) is 2.40. The van der Waals surface area contributed by atoms with Crippen LogP contribution in [0.5, 0.6) is 0 Å². The van der Waals surface area contributed by atoms with E-state index in [9.17, 15) is 0 Å². The standard InChI is InChI=1S/C14H16S2/c1-14(2,3)11-7-4-5-8-12(11)16-13-9-6-10-15-13/h4-10H,1-3H3. The second-order valence-electron chi connectivity index (χ2n) is 4.78. The van der Waals surface area contributed by atoms with Crippen LogP contribution >= 0.6 is 23.1 Å². The van der Waals surface area contributed by atoms with E-state index in [1.54, 1.807) is 11.3 Å². The zero-order chi connectivity index (χ0) is 11.6. The number of hydrogen-bond acceptors (Lipinski definition) is 2. The van der Waals surface area contributed by atoms with E-state index >= 15 is 0 Å². The zero-order valence-corrected chi connectivity index (χ0v) is 11.5. The SMILES string of the molecule is CC(C)(C)c1ccccc1Sc1cccs1. The van der Waals surface area contributed by atoms with Crippen LogP contribution in [0.1, 0.15) is 26.3 Å². The van der Waals surface area contributed by atoms with E-state index in [0.29, 0.717) is 0 Å². The smallest absolute Gasteiger partial charge is 0.0646 e. The van der Waals surface area contributed by atoms with Gasteiger partial charge in [-0.05, 0) is 28.5 Å². The molecule has 0 unspecified atom stereocenters. The number of rotatable bonds is 2. The van der Waals surface area contributed by atoms with Gasteiger partial charge in [0.15, 0.2) is 0 Å². The molecule has 0 atom stereocenters. The molecule has 16 heavy (non-hydrogen) atoms. The Morgan fingerprint density at radius 2 is 1.75 bits per heavy atom. The van der Waals surface area contributed by atoms with Crippen molar-refractivity contribution in [2.75, 3.05) is 0 Å². The van der Waals surface area contributed by atoms with Gasteiger partial charge < -0.3 is 0 Å². The molecule has 1 aromatic heterocycles. The first-order valence-corrected chi connectivity index (χ1v) is 7.08. The van der Waals surface area contributed by atoms with Crippen LogP contribution in [0.3, 0.4) is 0 Å². The topological polar surface area (TPSA) is 0 Å². The molecule has 0 N–H and O–H groups in total. The van der Waals surface area contributed by atoms with Crippen LogP contribution in [-0.2, 0) is 5.41 Å². The van der Waals surface area contributed by atoms with Crippen molar-refractivity contribution in [1.82, 2.24) is 0 Å². The molecule has 0 spiro atoms. The van der Waals surface area contributed by atoms with Crippen LogP contribution in [0.2, 0.25) is 0 Å². The molecule has 0 saturated heterocycles. The summed E-state index contributed by atoms with van der Waals surface area (Å²) in [5, 5.41) is 2.13. The number of benzene rings is 1. The number of hydrogen-bond donors (Lipinski definition) is 0. The van der Waals surface area contributed by atoms with E-state index in [1.165, 1.54) is 14.7 Å². The Balaban J connectivity index is 2.34. The summed E-state index contributed by atoms with van der Waals surface area (Å²) in [5.74, 6) is 0. The van der Waals surface area contributed by atoms with Crippen molar-refractivity contribution < 1.29 is 0 Å². The van der Waals surface area contributed by atoms with E-state index in [4.69, 9.17) is 0 Å². The lowest BCUT2D eigenvalue weighted by molar-refractivity contribution is 0.578. The highest BCUT2D eigenvalue weighted by atomic mass is 32.2. The predicted octanol–water partition coefficient (Wildman–Crippen LogP) is 5.20. The molecular formula is C14H16S2. The fourth-order valence-corrected chi connectivity index (χ4v) is 3.68. The van der Waals surface area contributed by atoms with Crippen molar-refractivity contribution in [2.24, 2.45) is 0 Å². The van der Waals surface area contributed by atoms with Crippen molar-refractivity contribution in [1.29, 1.82) is 0 Å². The molecule has 1 heterocycles. The summed E-state index contributed by atoms with van der Waals surface area (Å²) in [6, 6.07) is 13.0. The minimum atomic E-state index is 0.209.